The largest absolute Gasteiger partial charge is 0.381 e. The Hall–Kier alpha value is -0.120. The zero-order valence-electron chi connectivity index (χ0n) is 18.3. The molecule has 2 heterocycles. The van der Waals surface area contributed by atoms with E-state index in [0.29, 0.717) is 18.0 Å². The van der Waals surface area contributed by atoms with Crippen molar-refractivity contribution in [1.29, 1.82) is 0 Å². The lowest BCUT2D eigenvalue weighted by Gasteiger charge is -2.36. The van der Waals surface area contributed by atoms with Gasteiger partial charge in [0.05, 0.1) is 26.4 Å². The third kappa shape index (κ3) is 9.59. The predicted octanol–water partition coefficient (Wildman–Crippen LogP) is 3.26. The first-order chi connectivity index (χ1) is 13.2. The van der Waals surface area contributed by atoms with Crippen molar-refractivity contribution in [3.8, 4) is 0 Å². The number of guanidine groups is 1. The van der Waals surface area contributed by atoms with Gasteiger partial charge in [0.2, 0.25) is 0 Å². The van der Waals surface area contributed by atoms with Crippen LogP contribution in [0.3, 0.4) is 0 Å². The molecule has 0 aromatic carbocycles. The number of ether oxygens (including phenoxy) is 2. The van der Waals surface area contributed by atoms with Crippen LogP contribution < -0.4 is 10.6 Å². The van der Waals surface area contributed by atoms with E-state index in [0.717, 1.165) is 65.0 Å². The van der Waals surface area contributed by atoms with Crippen molar-refractivity contribution in [3.05, 3.63) is 0 Å². The number of aliphatic imine (C=N–C) groups is 1. The van der Waals surface area contributed by atoms with Crippen LogP contribution >= 0.6 is 24.0 Å². The highest BCUT2D eigenvalue weighted by molar-refractivity contribution is 14.0. The molecular formula is C21H43IN4O2. The molecule has 2 aliphatic heterocycles. The van der Waals surface area contributed by atoms with Gasteiger partial charge in [-0.2, -0.15) is 0 Å². The van der Waals surface area contributed by atoms with E-state index in [1.807, 2.05) is 0 Å². The molecule has 7 heteroatoms. The minimum atomic E-state index is 0. The second-order valence-corrected chi connectivity index (χ2v) is 7.95. The molecule has 0 saturated carbocycles. The van der Waals surface area contributed by atoms with Crippen LogP contribution in [0.15, 0.2) is 4.99 Å². The van der Waals surface area contributed by atoms with E-state index in [4.69, 9.17) is 14.5 Å². The Bertz CT molecular complexity index is 413. The Labute approximate surface area is 189 Å². The summed E-state index contributed by atoms with van der Waals surface area (Å²) < 4.78 is 11.2. The highest BCUT2D eigenvalue weighted by atomic mass is 127. The molecule has 0 aromatic rings. The van der Waals surface area contributed by atoms with Crippen molar-refractivity contribution in [2.75, 3.05) is 52.6 Å². The quantitative estimate of drug-likeness (QED) is 0.194. The lowest BCUT2D eigenvalue weighted by atomic mass is 9.97. The number of nitrogens with one attached hydrogen (secondary N) is 2. The van der Waals surface area contributed by atoms with Crippen LogP contribution in [0.2, 0.25) is 0 Å². The number of morpholine rings is 1. The molecule has 28 heavy (non-hydrogen) atoms. The summed E-state index contributed by atoms with van der Waals surface area (Å²) in [6.45, 7) is 13.8. The van der Waals surface area contributed by atoms with Crippen molar-refractivity contribution in [3.63, 3.8) is 0 Å². The highest BCUT2D eigenvalue weighted by Gasteiger charge is 2.31. The van der Waals surface area contributed by atoms with Gasteiger partial charge in [-0.15, -0.1) is 24.0 Å². The van der Waals surface area contributed by atoms with Crippen LogP contribution in [-0.4, -0.2) is 75.5 Å². The van der Waals surface area contributed by atoms with E-state index in [-0.39, 0.29) is 24.0 Å². The van der Waals surface area contributed by atoms with Crippen LogP contribution in [-0.2, 0) is 9.47 Å². The monoisotopic (exact) mass is 510 g/mol. The van der Waals surface area contributed by atoms with Gasteiger partial charge in [0.25, 0.3) is 0 Å². The number of unbranched alkanes of at least 4 members (excludes halogenated alkanes) is 3. The average Bonchev–Trinajstić information content (AvgIpc) is 3.21. The van der Waals surface area contributed by atoms with Crippen molar-refractivity contribution >= 4 is 29.9 Å². The van der Waals surface area contributed by atoms with Crippen LogP contribution in [0.25, 0.3) is 0 Å². The third-order valence-corrected chi connectivity index (χ3v) is 5.68. The van der Waals surface area contributed by atoms with E-state index >= 15 is 0 Å². The molecule has 0 bridgehead atoms. The summed E-state index contributed by atoms with van der Waals surface area (Å²) in [7, 11) is 0. The van der Waals surface area contributed by atoms with Gasteiger partial charge >= 0.3 is 0 Å². The van der Waals surface area contributed by atoms with Crippen LogP contribution in [0.5, 0.6) is 0 Å². The molecule has 2 N–H and O–H groups in total. The fraction of sp³-hybridized carbons (Fsp3) is 0.952. The first-order valence-corrected chi connectivity index (χ1v) is 11.2. The van der Waals surface area contributed by atoms with Crippen LogP contribution in [0.1, 0.15) is 59.3 Å². The summed E-state index contributed by atoms with van der Waals surface area (Å²) in [5.41, 5.74) is 0. The van der Waals surface area contributed by atoms with E-state index in [2.05, 4.69) is 36.3 Å². The maximum atomic E-state index is 5.67. The maximum absolute atomic E-state index is 5.67. The van der Waals surface area contributed by atoms with Crippen molar-refractivity contribution in [1.82, 2.24) is 15.5 Å². The molecule has 0 spiro atoms. The normalized spacial score (nSPS) is 23.1. The van der Waals surface area contributed by atoms with Gasteiger partial charge in [0.1, 0.15) is 0 Å². The summed E-state index contributed by atoms with van der Waals surface area (Å²) in [5, 5.41) is 7.04. The molecule has 3 unspecified atom stereocenters. The standard InChI is InChI=1S/C21H42N4O2.HI/c1-4-6-7-8-9-18(3)24-21(22-5-2)23-16-20(19-10-13-27-17-19)25-11-14-26-15-12-25;/h18-20H,4-17H2,1-3H3,(H2,22,23,24);1H. The Balaban J connectivity index is 0.00000392. The van der Waals surface area contributed by atoms with Gasteiger partial charge < -0.3 is 20.1 Å². The van der Waals surface area contributed by atoms with Crippen molar-refractivity contribution in [2.45, 2.75) is 71.4 Å². The summed E-state index contributed by atoms with van der Waals surface area (Å²) >= 11 is 0. The van der Waals surface area contributed by atoms with Gasteiger partial charge in [-0.1, -0.05) is 32.6 Å². The Morgan fingerprint density at radius 1 is 1.11 bits per heavy atom. The van der Waals surface area contributed by atoms with Crippen LogP contribution in [0, 0.1) is 5.92 Å². The summed E-state index contributed by atoms with van der Waals surface area (Å²) in [6, 6.07) is 0.906. The van der Waals surface area contributed by atoms with E-state index in [1.165, 1.54) is 32.1 Å². The molecule has 0 amide bonds. The predicted molar refractivity (Wildman–Crippen MR) is 128 cm³/mol. The Morgan fingerprint density at radius 2 is 1.89 bits per heavy atom. The lowest BCUT2D eigenvalue weighted by Crippen LogP contribution is -2.49. The molecule has 2 aliphatic rings. The van der Waals surface area contributed by atoms with Crippen LogP contribution in [0.4, 0.5) is 0 Å². The molecule has 2 fully saturated rings. The summed E-state index contributed by atoms with van der Waals surface area (Å²) in [4.78, 5) is 7.53. The van der Waals surface area contributed by atoms with E-state index < -0.39 is 0 Å². The first kappa shape index (κ1) is 25.9. The van der Waals surface area contributed by atoms with Gasteiger partial charge in [-0.05, 0) is 26.7 Å². The van der Waals surface area contributed by atoms with E-state index in [1.54, 1.807) is 0 Å². The number of hydrogen-bond acceptors (Lipinski definition) is 4. The minimum absolute atomic E-state index is 0. The van der Waals surface area contributed by atoms with Gasteiger partial charge in [-0.3, -0.25) is 9.89 Å². The average molecular weight is 511 g/mol. The van der Waals surface area contributed by atoms with Crippen molar-refractivity contribution in [2.24, 2.45) is 10.9 Å². The first-order valence-electron chi connectivity index (χ1n) is 11.2. The molecule has 2 rings (SSSR count). The van der Waals surface area contributed by atoms with Gasteiger partial charge in [-0.25, -0.2) is 0 Å². The van der Waals surface area contributed by atoms with E-state index in [9.17, 15) is 0 Å². The topological polar surface area (TPSA) is 58.1 Å². The van der Waals surface area contributed by atoms with Gasteiger partial charge in [0, 0.05) is 44.2 Å². The minimum Gasteiger partial charge on any atom is -0.381 e. The zero-order valence-corrected chi connectivity index (χ0v) is 20.6. The SMILES string of the molecule is CCCCCCC(C)NC(=NCC(C1CCOC1)N1CCOCC1)NCC.I. The Morgan fingerprint density at radius 3 is 2.54 bits per heavy atom. The fourth-order valence-corrected chi connectivity index (χ4v) is 4.02. The Kier molecular flexibility index (Phi) is 14.5. The molecule has 0 radical (unpaired) electrons. The summed E-state index contributed by atoms with van der Waals surface area (Å²) in [6.07, 6.45) is 7.60. The molecule has 6 nitrogen and oxygen atoms in total. The number of rotatable bonds is 11. The summed E-state index contributed by atoms with van der Waals surface area (Å²) in [5.74, 6) is 1.54. The molecule has 0 aliphatic carbocycles. The van der Waals surface area contributed by atoms with Gasteiger partial charge in [0.15, 0.2) is 5.96 Å². The highest BCUT2D eigenvalue weighted by Crippen LogP contribution is 2.22. The number of nitrogens with zero attached hydrogens (tertiary/aromatic N) is 2. The molecule has 3 atom stereocenters. The molecular weight excluding hydrogens is 467 g/mol. The molecule has 0 aromatic heterocycles. The zero-order chi connectivity index (χ0) is 19.3. The lowest BCUT2D eigenvalue weighted by molar-refractivity contribution is 0.00368. The molecule has 2 saturated heterocycles. The third-order valence-electron chi connectivity index (χ3n) is 5.68. The smallest absolute Gasteiger partial charge is 0.191 e. The maximum Gasteiger partial charge on any atom is 0.191 e. The second kappa shape index (κ2) is 15.7. The fourth-order valence-electron chi connectivity index (χ4n) is 4.02. The number of halogens is 1. The number of hydrogen-bond donors (Lipinski definition) is 2. The molecule has 166 valence electrons. The second-order valence-electron chi connectivity index (χ2n) is 7.95. The van der Waals surface area contributed by atoms with Crippen molar-refractivity contribution < 1.29 is 9.47 Å².